The van der Waals surface area contributed by atoms with Crippen molar-refractivity contribution in [1.82, 2.24) is 15.2 Å². The fourth-order valence-electron chi connectivity index (χ4n) is 3.09. The van der Waals surface area contributed by atoms with Gasteiger partial charge < -0.3 is 10.3 Å². The minimum Gasteiger partial charge on any atom is -0.365 e. The number of rotatable bonds is 4. The molecule has 1 aliphatic rings. The summed E-state index contributed by atoms with van der Waals surface area (Å²) >= 11 is 12.0. The van der Waals surface area contributed by atoms with Crippen molar-refractivity contribution in [2.75, 3.05) is 13.1 Å². The molecule has 1 amide bonds. The number of aromatic nitrogens is 1. The largest absolute Gasteiger partial charge is 0.365 e. The van der Waals surface area contributed by atoms with Crippen LogP contribution in [-0.4, -0.2) is 34.9 Å². The summed E-state index contributed by atoms with van der Waals surface area (Å²) in [7, 11) is 0. The molecule has 1 saturated heterocycles. The molecule has 1 fully saturated rings. The van der Waals surface area contributed by atoms with Gasteiger partial charge in [0.15, 0.2) is 0 Å². The van der Waals surface area contributed by atoms with E-state index in [1.165, 1.54) is 0 Å². The molecule has 3 rings (SSSR count). The van der Waals surface area contributed by atoms with Crippen molar-refractivity contribution in [3.8, 4) is 0 Å². The second-order valence-corrected chi connectivity index (χ2v) is 7.10. The maximum Gasteiger partial charge on any atom is 0.253 e. The van der Waals surface area contributed by atoms with Crippen molar-refractivity contribution in [1.29, 1.82) is 0 Å². The summed E-state index contributed by atoms with van der Waals surface area (Å²) in [5, 5.41) is 4.32. The first kappa shape index (κ1) is 17.3. The SMILES string of the molecule is Cc1[nH]ccc1C(=O)NC1CCN(Cc2ccc(Cl)c(Cl)c2)CC1. The van der Waals surface area contributed by atoms with Gasteiger partial charge in [0, 0.05) is 37.6 Å². The molecule has 1 aromatic carbocycles. The van der Waals surface area contributed by atoms with E-state index in [0.29, 0.717) is 10.0 Å². The van der Waals surface area contributed by atoms with E-state index in [4.69, 9.17) is 23.2 Å². The monoisotopic (exact) mass is 365 g/mol. The fraction of sp³-hybridized carbons (Fsp3) is 0.389. The number of H-pyrrole nitrogens is 1. The van der Waals surface area contributed by atoms with Crippen LogP contribution in [0.15, 0.2) is 30.5 Å². The number of halogens is 2. The first-order valence-corrected chi connectivity index (χ1v) is 8.89. The highest BCUT2D eigenvalue weighted by Gasteiger charge is 2.22. The van der Waals surface area contributed by atoms with E-state index in [2.05, 4.69) is 15.2 Å². The minimum atomic E-state index is 0.0108. The Morgan fingerprint density at radius 1 is 1.25 bits per heavy atom. The predicted octanol–water partition coefficient (Wildman–Crippen LogP) is 4.02. The van der Waals surface area contributed by atoms with Gasteiger partial charge in [-0.05, 0) is 43.5 Å². The van der Waals surface area contributed by atoms with Gasteiger partial charge in [0.1, 0.15) is 0 Å². The first-order valence-electron chi connectivity index (χ1n) is 8.14. The van der Waals surface area contributed by atoms with Crippen molar-refractivity contribution in [2.24, 2.45) is 0 Å². The zero-order valence-corrected chi connectivity index (χ0v) is 15.1. The summed E-state index contributed by atoms with van der Waals surface area (Å²) in [5.41, 5.74) is 2.80. The molecule has 0 unspecified atom stereocenters. The number of carbonyl (C=O) groups excluding carboxylic acids is 1. The highest BCUT2D eigenvalue weighted by atomic mass is 35.5. The Kier molecular flexibility index (Phi) is 5.49. The van der Waals surface area contributed by atoms with Crippen LogP contribution in [0.5, 0.6) is 0 Å². The Hall–Kier alpha value is -1.49. The number of hydrogen-bond donors (Lipinski definition) is 2. The van der Waals surface area contributed by atoms with Gasteiger partial charge in [-0.3, -0.25) is 9.69 Å². The Morgan fingerprint density at radius 3 is 2.62 bits per heavy atom. The number of piperidine rings is 1. The third kappa shape index (κ3) is 4.12. The van der Waals surface area contributed by atoms with Gasteiger partial charge in [-0.25, -0.2) is 0 Å². The number of hydrogen-bond acceptors (Lipinski definition) is 2. The van der Waals surface area contributed by atoms with E-state index in [1.54, 1.807) is 6.20 Å². The second kappa shape index (κ2) is 7.60. The van der Waals surface area contributed by atoms with Gasteiger partial charge in [0.25, 0.3) is 5.91 Å². The summed E-state index contributed by atoms with van der Waals surface area (Å²) in [4.78, 5) is 17.7. The van der Waals surface area contributed by atoms with E-state index < -0.39 is 0 Å². The van der Waals surface area contributed by atoms with Crippen LogP contribution >= 0.6 is 23.2 Å². The van der Waals surface area contributed by atoms with Crippen molar-refractivity contribution >= 4 is 29.1 Å². The standard InChI is InChI=1S/C18H21Cl2N3O/c1-12-15(4-7-21-12)18(24)22-14-5-8-23(9-6-14)11-13-2-3-16(19)17(20)10-13/h2-4,7,10,14,21H,5-6,8-9,11H2,1H3,(H,22,24). The molecule has 1 aliphatic heterocycles. The van der Waals surface area contributed by atoms with E-state index in [0.717, 1.165) is 49.3 Å². The van der Waals surface area contributed by atoms with E-state index in [9.17, 15) is 4.79 Å². The number of carbonyl (C=O) groups is 1. The highest BCUT2D eigenvalue weighted by Crippen LogP contribution is 2.24. The molecule has 0 atom stereocenters. The molecule has 24 heavy (non-hydrogen) atoms. The van der Waals surface area contributed by atoms with Gasteiger partial charge in [-0.1, -0.05) is 29.3 Å². The normalized spacial score (nSPS) is 16.3. The average molecular weight is 366 g/mol. The summed E-state index contributed by atoms with van der Waals surface area (Å²) < 4.78 is 0. The van der Waals surface area contributed by atoms with Gasteiger partial charge in [0.05, 0.1) is 15.6 Å². The molecule has 4 nitrogen and oxygen atoms in total. The Bertz CT molecular complexity index is 721. The van der Waals surface area contributed by atoms with Crippen LogP contribution < -0.4 is 5.32 Å². The number of benzene rings is 1. The molecule has 2 N–H and O–H groups in total. The molecule has 2 heterocycles. The lowest BCUT2D eigenvalue weighted by Crippen LogP contribution is -2.44. The van der Waals surface area contributed by atoms with Crippen LogP contribution in [0.25, 0.3) is 0 Å². The Balaban J connectivity index is 1.49. The van der Waals surface area contributed by atoms with E-state index >= 15 is 0 Å². The van der Waals surface area contributed by atoms with Gasteiger partial charge in [-0.15, -0.1) is 0 Å². The second-order valence-electron chi connectivity index (χ2n) is 6.29. The number of nitrogens with one attached hydrogen (secondary N) is 2. The summed E-state index contributed by atoms with van der Waals surface area (Å²) in [6, 6.07) is 7.83. The Morgan fingerprint density at radius 2 is 2.00 bits per heavy atom. The van der Waals surface area contributed by atoms with Crippen LogP contribution in [0, 0.1) is 6.92 Å². The quantitative estimate of drug-likeness (QED) is 0.859. The number of aryl methyl sites for hydroxylation is 1. The molecule has 0 saturated carbocycles. The third-order valence-electron chi connectivity index (χ3n) is 4.51. The molecule has 0 spiro atoms. The van der Waals surface area contributed by atoms with Crippen molar-refractivity contribution in [3.63, 3.8) is 0 Å². The van der Waals surface area contributed by atoms with Crippen LogP contribution in [0.4, 0.5) is 0 Å². The lowest BCUT2D eigenvalue weighted by molar-refractivity contribution is 0.0908. The molecule has 0 bridgehead atoms. The number of nitrogens with zero attached hydrogens (tertiary/aromatic N) is 1. The molecule has 0 radical (unpaired) electrons. The van der Waals surface area contributed by atoms with Crippen LogP contribution in [0.1, 0.15) is 34.5 Å². The molecular weight excluding hydrogens is 345 g/mol. The number of likely N-dealkylation sites (tertiary alicyclic amines) is 1. The predicted molar refractivity (Wildman–Crippen MR) is 97.8 cm³/mol. The average Bonchev–Trinajstić information content (AvgIpc) is 2.99. The van der Waals surface area contributed by atoms with Crippen LogP contribution in [0.3, 0.4) is 0 Å². The van der Waals surface area contributed by atoms with E-state index in [1.807, 2.05) is 31.2 Å². The maximum atomic E-state index is 12.3. The zero-order chi connectivity index (χ0) is 17.1. The number of amides is 1. The minimum absolute atomic E-state index is 0.0108. The fourth-order valence-corrected chi connectivity index (χ4v) is 3.41. The van der Waals surface area contributed by atoms with Gasteiger partial charge >= 0.3 is 0 Å². The van der Waals surface area contributed by atoms with Gasteiger partial charge in [-0.2, -0.15) is 0 Å². The van der Waals surface area contributed by atoms with Crippen molar-refractivity contribution < 1.29 is 4.79 Å². The molecule has 6 heteroatoms. The molecule has 2 aromatic rings. The third-order valence-corrected chi connectivity index (χ3v) is 5.25. The lowest BCUT2D eigenvalue weighted by Gasteiger charge is -2.32. The maximum absolute atomic E-state index is 12.3. The highest BCUT2D eigenvalue weighted by molar-refractivity contribution is 6.42. The first-order chi connectivity index (χ1) is 11.5. The smallest absolute Gasteiger partial charge is 0.253 e. The summed E-state index contributed by atoms with van der Waals surface area (Å²) in [6.07, 6.45) is 3.71. The molecule has 1 aromatic heterocycles. The number of aromatic amines is 1. The topological polar surface area (TPSA) is 48.1 Å². The summed E-state index contributed by atoms with van der Waals surface area (Å²) in [5.74, 6) is 0.0108. The lowest BCUT2D eigenvalue weighted by atomic mass is 10.0. The van der Waals surface area contributed by atoms with Crippen LogP contribution in [0.2, 0.25) is 10.0 Å². The summed E-state index contributed by atoms with van der Waals surface area (Å²) in [6.45, 7) is 4.68. The van der Waals surface area contributed by atoms with Crippen LogP contribution in [-0.2, 0) is 6.54 Å². The molecular formula is C18H21Cl2N3O. The molecule has 128 valence electrons. The van der Waals surface area contributed by atoms with Gasteiger partial charge in [0.2, 0.25) is 0 Å². The van der Waals surface area contributed by atoms with Crippen molar-refractivity contribution in [2.45, 2.75) is 32.4 Å². The van der Waals surface area contributed by atoms with Crippen molar-refractivity contribution in [3.05, 3.63) is 57.3 Å². The zero-order valence-electron chi connectivity index (χ0n) is 13.6. The van der Waals surface area contributed by atoms with E-state index in [-0.39, 0.29) is 11.9 Å². The Labute approximate surface area is 152 Å². The molecule has 0 aliphatic carbocycles.